The average molecular weight is 384 g/mol. The van der Waals surface area contributed by atoms with Crippen LogP contribution >= 0.6 is 38.9 Å². The van der Waals surface area contributed by atoms with E-state index in [1.807, 2.05) is 30.3 Å². The van der Waals surface area contributed by atoms with Crippen molar-refractivity contribution in [2.75, 3.05) is 0 Å². The van der Waals surface area contributed by atoms with Crippen molar-refractivity contribution in [2.24, 2.45) is 0 Å². The molecule has 0 bridgehead atoms. The number of rotatable bonds is 3. The zero-order valence-electron chi connectivity index (χ0n) is 10.6. The minimum Gasteiger partial charge on any atom is -0.206 e. The van der Waals surface area contributed by atoms with Crippen LogP contribution in [0.3, 0.4) is 0 Å². The van der Waals surface area contributed by atoms with Gasteiger partial charge < -0.3 is 0 Å². The Bertz CT molecular complexity index is 743. The zero-order chi connectivity index (χ0) is 14.8. The van der Waals surface area contributed by atoms with Crippen LogP contribution in [0.4, 0.5) is 4.39 Å². The summed E-state index contributed by atoms with van der Waals surface area (Å²) in [6, 6.07) is 14.4. The maximum absolute atomic E-state index is 13.9. The number of benzene rings is 2. The monoisotopic (exact) mass is 382 g/mol. The second-order valence-corrected chi connectivity index (χ2v) is 6.62. The van der Waals surface area contributed by atoms with Crippen molar-refractivity contribution in [3.05, 3.63) is 69.4 Å². The molecule has 2 nitrogen and oxygen atoms in total. The molecule has 21 heavy (non-hydrogen) atoms. The molecule has 1 unspecified atom stereocenters. The molecule has 0 aliphatic heterocycles. The van der Waals surface area contributed by atoms with Crippen LogP contribution in [-0.2, 0) is 0 Å². The SMILES string of the molecule is Fc1cccc(Br)c1-c1nnc(C(Cl)c2ccccc2)s1. The highest BCUT2D eigenvalue weighted by atomic mass is 79.9. The van der Waals surface area contributed by atoms with E-state index in [0.29, 0.717) is 20.1 Å². The van der Waals surface area contributed by atoms with Gasteiger partial charge in [-0.1, -0.05) is 47.7 Å². The Morgan fingerprint density at radius 2 is 1.81 bits per heavy atom. The molecule has 0 fully saturated rings. The third-order valence-corrected chi connectivity index (χ3v) is 5.18. The van der Waals surface area contributed by atoms with Crippen molar-refractivity contribution in [3.63, 3.8) is 0 Å². The summed E-state index contributed by atoms with van der Waals surface area (Å²) in [5.74, 6) is -0.335. The van der Waals surface area contributed by atoms with Crippen molar-refractivity contribution in [3.8, 4) is 10.6 Å². The highest BCUT2D eigenvalue weighted by Gasteiger charge is 2.19. The smallest absolute Gasteiger partial charge is 0.151 e. The van der Waals surface area contributed by atoms with E-state index in [1.54, 1.807) is 12.1 Å². The second kappa shape index (κ2) is 6.22. The molecule has 1 aromatic heterocycles. The molecular weight excluding hydrogens is 375 g/mol. The summed E-state index contributed by atoms with van der Waals surface area (Å²) in [5, 5.41) is 8.94. The van der Waals surface area contributed by atoms with E-state index < -0.39 is 0 Å². The van der Waals surface area contributed by atoms with Crippen molar-refractivity contribution >= 4 is 38.9 Å². The number of aromatic nitrogens is 2. The average Bonchev–Trinajstić information content (AvgIpc) is 2.97. The summed E-state index contributed by atoms with van der Waals surface area (Å²) >= 11 is 11.0. The minimum absolute atomic E-state index is 0.335. The van der Waals surface area contributed by atoms with Crippen LogP contribution < -0.4 is 0 Å². The summed E-state index contributed by atoms with van der Waals surface area (Å²) in [5.41, 5.74) is 1.35. The lowest BCUT2D eigenvalue weighted by molar-refractivity contribution is 0.630. The highest BCUT2D eigenvalue weighted by Crippen LogP contribution is 2.37. The lowest BCUT2D eigenvalue weighted by Crippen LogP contribution is -1.91. The van der Waals surface area contributed by atoms with Gasteiger partial charge in [0.2, 0.25) is 0 Å². The molecule has 6 heteroatoms. The van der Waals surface area contributed by atoms with Gasteiger partial charge in [0.05, 0.1) is 5.56 Å². The van der Waals surface area contributed by atoms with E-state index >= 15 is 0 Å². The van der Waals surface area contributed by atoms with Gasteiger partial charge in [0, 0.05) is 4.47 Å². The maximum atomic E-state index is 13.9. The van der Waals surface area contributed by atoms with Crippen LogP contribution in [0.25, 0.3) is 10.6 Å². The van der Waals surface area contributed by atoms with Crippen LogP contribution in [-0.4, -0.2) is 10.2 Å². The first-order chi connectivity index (χ1) is 10.2. The highest BCUT2D eigenvalue weighted by molar-refractivity contribution is 9.10. The molecule has 0 radical (unpaired) electrons. The molecule has 106 valence electrons. The van der Waals surface area contributed by atoms with Gasteiger partial charge in [0.25, 0.3) is 0 Å². The maximum Gasteiger partial charge on any atom is 0.151 e. The Balaban J connectivity index is 1.97. The molecule has 0 aliphatic carbocycles. The van der Waals surface area contributed by atoms with Gasteiger partial charge >= 0.3 is 0 Å². The molecule has 0 saturated carbocycles. The molecule has 0 spiro atoms. The molecule has 1 heterocycles. The quantitative estimate of drug-likeness (QED) is 0.563. The van der Waals surface area contributed by atoms with Crippen molar-refractivity contribution < 1.29 is 4.39 Å². The van der Waals surface area contributed by atoms with E-state index in [0.717, 1.165) is 5.56 Å². The van der Waals surface area contributed by atoms with Crippen molar-refractivity contribution in [1.82, 2.24) is 10.2 Å². The molecule has 0 aliphatic rings. The van der Waals surface area contributed by atoms with Crippen LogP contribution in [0.15, 0.2) is 53.0 Å². The standard InChI is InChI=1S/C15H9BrClFN2S/c16-10-7-4-8-11(18)12(10)14-19-20-15(21-14)13(17)9-5-2-1-3-6-9/h1-8,13H. The first kappa shape index (κ1) is 14.6. The third-order valence-electron chi connectivity index (χ3n) is 2.93. The first-order valence-electron chi connectivity index (χ1n) is 6.13. The predicted octanol–water partition coefficient (Wildman–Crippen LogP) is 5.43. The van der Waals surface area contributed by atoms with Gasteiger partial charge in [0.1, 0.15) is 16.2 Å². The summed E-state index contributed by atoms with van der Waals surface area (Å²) in [4.78, 5) is 0. The summed E-state index contributed by atoms with van der Waals surface area (Å²) in [6.07, 6.45) is 0. The normalized spacial score (nSPS) is 12.3. The fourth-order valence-electron chi connectivity index (χ4n) is 1.90. The Labute approximate surface area is 138 Å². The number of nitrogens with zero attached hydrogens (tertiary/aromatic N) is 2. The summed E-state index contributed by atoms with van der Waals surface area (Å²) in [6.45, 7) is 0. The van der Waals surface area contributed by atoms with E-state index in [1.165, 1.54) is 17.4 Å². The molecule has 3 aromatic rings. The molecule has 0 N–H and O–H groups in total. The minimum atomic E-state index is -0.386. The molecule has 0 amide bonds. The van der Waals surface area contributed by atoms with Gasteiger partial charge in [-0.2, -0.15) is 0 Å². The Kier molecular flexibility index (Phi) is 4.33. The number of alkyl halides is 1. The molecule has 0 saturated heterocycles. The number of hydrogen-bond donors (Lipinski definition) is 0. The Morgan fingerprint density at radius 3 is 2.52 bits per heavy atom. The first-order valence-corrected chi connectivity index (χ1v) is 8.18. The van der Waals surface area contributed by atoms with Crippen molar-refractivity contribution in [1.29, 1.82) is 0 Å². The van der Waals surface area contributed by atoms with E-state index in [2.05, 4.69) is 26.1 Å². The van der Waals surface area contributed by atoms with Gasteiger partial charge in [-0.3, -0.25) is 0 Å². The van der Waals surface area contributed by atoms with Crippen LogP contribution in [0.5, 0.6) is 0 Å². The Hall–Kier alpha value is -1.30. The number of hydrogen-bond acceptors (Lipinski definition) is 3. The van der Waals surface area contributed by atoms with Crippen molar-refractivity contribution in [2.45, 2.75) is 5.38 Å². The van der Waals surface area contributed by atoms with Crippen LogP contribution in [0, 0.1) is 5.82 Å². The number of halogens is 3. The van der Waals surface area contributed by atoms with Gasteiger partial charge in [-0.05, 0) is 33.6 Å². The van der Waals surface area contributed by atoms with Gasteiger partial charge in [-0.25, -0.2) is 4.39 Å². The molecular formula is C15H9BrClFN2S. The van der Waals surface area contributed by atoms with E-state index in [9.17, 15) is 4.39 Å². The predicted molar refractivity (Wildman–Crippen MR) is 87.1 cm³/mol. The molecule has 2 aromatic carbocycles. The summed E-state index contributed by atoms with van der Waals surface area (Å²) < 4.78 is 14.6. The fraction of sp³-hybridized carbons (Fsp3) is 0.0667. The van der Waals surface area contributed by atoms with Crippen LogP contribution in [0.1, 0.15) is 15.9 Å². The molecule has 3 rings (SSSR count). The summed E-state index contributed by atoms with van der Waals surface area (Å²) in [7, 11) is 0. The fourth-order valence-corrected chi connectivity index (χ4v) is 3.80. The zero-order valence-corrected chi connectivity index (χ0v) is 13.8. The van der Waals surface area contributed by atoms with E-state index in [-0.39, 0.29) is 11.2 Å². The largest absolute Gasteiger partial charge is 0.206 e. The molecule has 1 atom stereocenters. The lowest BCUT2D eigenvalue weighted by atomic mass is 10.1. The Morgan fingerprint density at radius 1 is 1.05 bits per heavy atom. The third kappa shape index (κ3) is 3.00. The van der Waals surface area contributed by atoms with Crippen LogP contribution in [0.2, 0.25) is 0 Å². The van der Waals surface area contributed by atoms with Gasteiger partial charge in [0.15, 0.2) is 5.01 Å². The second-order valence-electron chi connectivity index (χ2n) is 4.32. The topological polar surface area (TPSA) is 25.8 Å². The van der Waals surface area contributed by atoms with Gasteiger partial charge in [-0.15, -0.1) is 21.8 Å². The lowest BCUT2D eigenvalue weighted by Gasteiger charge is -2.04. The van der Waals surface area contributed by atoms with E-state index in [4.69, 9.17) is 11.6 Å².